The highest BCUT2D eigenvalue weighted by Crippen LogP contribution is 2.16. The Kier molecular flexibility index (Phi) is 4.69. The highest BCUT2D eigenvalue weighted by atomic mass is 16.5. The predicted molar refractivity (Wildman–Crippen MR) is 63.2 cm³/mol. The van der Waals surface area contributed by atoms with Crippen molar-refractivity contribution in [3.63, 3.8) is 0 Å². The molecule has 0 aromatic heterocycles. The van der Waals surface area contributed by atoms with Crippen molar-refractivity contribution in [3.05, 3.63) is 29.8 Å². The standard InChI is InChI=1S/C13H16O4/c1-9(7-13(15)16-3)17-12-6-4-5-11(8-12)10(2)14/h4-6,8-9H,7H2,1-3H3. The summed E-state index contributed by atoms with van der Waals surface area (Å²) < 4.78 is 10.1. The Morgan fingerprint density at radius 1 is 1.35 bits per heavy atom. The van der Waals surface area contributed by atoms with Crippen LogP contribution in [0, 0.1) is 0 Å². The minimum absolute atomic E-state index is 0.0175. The Hall–Kier alpha value is -1.84. The van der Waals surface area contributed by atoms with E-state index in [-0.39, 0.29) is 24.3 Å². The van der Waals surface area contributed by atoms with Crippen LogP contribution < -0.4 is 4.74 Å². The van der Waals surface area contributed by atoms with Gasteiger partial charge >= 0.3 is 5.97 Å². The first kappa shape index (κ1) is 13.2. The molecule has 0 aliphatic heterocycles. The Balaban J connectivity index is 2.65. The molecule has 0 aliphatic rings. The summed E-state index contributed by atoms with van der Waals surface area (Å²) in [4.78, 5) is 22.2. The third-order valence-electron chi connectivity index (χ3n) is 2.26. The topological polar surface area (TPSA) is 52.6 Å². The maximum absolute atomic E-state index is 11.2. The van der Waals surface area contributed by atoms with Crippen molar-refractivity contribution in [3.8, 4) is 5.75 Å². The molecule has 1 aromatic carbocycles. The van der Waals surface area contributed by atoms with Gasteiger partial charge in [0, 0.05) is 5.56 Å². The summed E-state index contributed by atoms with van der Waals surface area (Å²) in [6.07, 6.45) is -0.106. The lowest BCUT2D eigenvalue weighted by Crippen LogP contribution is -2.18. The first-order valence-corrected chi connectivity index (χ1v) is 5.37. The van der Waals surface area contributed by atoms with E-state index in [1.165, 1.54) is 14.0 Å². The second kappa shape index (κ2) is 6.03. The molecule has 1 rings (SSSR count). The second-order valence-corrected chi connectivity index (χ2v) is 3.79. The van der Waals surface area contributed by atoms with Gasteiger partial charge in [-0.15, -0.1) is 0 Å². The summed E-state index contributed by atoms with van der Waals surface area (Å²) in [6, 6.07) is 6.88. The van der Waals surface area contributed by atoms with E-state index in [1.54, 1.807) is 31.2 Å². The summed E-state index contributed by atoms with van der Waals surface area (Å²) in [5.74, 6) is 0.241. The zero-order valence-corrected chi connectivity index (χ0v) is 10.2. The molecule has 4 nitrogen and oxygen atoms in total. The smallest absolute Gasteiger partial charge is 0.309 e. The fraction of sp³-hybridized carbons (Fsp3) is 0.385. The molecule has 0 amide bonds. The molecule has 0 heterocycles. The van der Waals surface area contributed by atoms with Crippen molar-refractivity contribution < 1.29 is 19.1 Å². The Bertz CT molecular complexity index is 412. The van der Waals surface area contributed by atoms with Crippen molar-refractivity contribution in [2.45, 2.75) is 26.4 Å². The van der Waals surface area contributed by atoms with Crippen LogP contribution in [0.2, 0.25) is 0 Å². The van der Waals surface area contributed by atoms with Crippen LogP contribution in [0.15, 0.2) is 24.3 Å². The van der Waals surface area contributed by atoms with Gasteiger partial charge in [0.1, 0.15) is 11.9 Å². The first-order valence-electron chi connectivity index (χ1n) is 5.37. The molecule has 1 atom stereocenters. The summed E-state index contributed by atoms with van der Waals surface area (Å²) in [6.45, 7) is 3.27. The molecule has 0 spiro atoms. The van der Waals surface area contributed by atoms with E-state index in [1.807, 2.05) is 0 Å². The summed E-state index contributed by atoms with van der Waals surface area (Å²) in [5, 5.41) is 0. The van der Waals surface area contributed by atoms with Crippen LogP contribution in [-0.4, -0.2) is 25.0 Å². The van der Waals surface area contributed by atoms with Crippen LogP contribution in [0.25, 0.3) is 0 Å². The molecule has 0 saturated heterocycles. The fourth-order valence-electron chi connectivity index (χ4n) is 1.38. The molecule has 0 bridgehead atoms. The third-order valence-corrected chi connectivity index (χ3v) is 2.26. The van der Waals surface area contributed by atoms with Crippen LogP contribution in [0.4, 0.5) is 0 Å². The van der Waals surface area contributed by atoms with Gasteiger partial charge in [-0.1, -0.05) is 12.1 Å². The summed E-state index contributed by atoms with van der Waals surface area (Å²) in [5.41, 5.74) is 0.591. The van der Waals surface area contributed by atoms with Gasteiger partial charge in [0.05, 0.1) is 13.5 Å². The highest BCUT2D eigenvalue weighted by Gasteiger charge is 2.11. The van der Waals surface area contributed by atoms with E-state index in [4.69, 9.17) is 4.74 Å². The molecular formula is C13H16O4. The van der Waals surface area contributed by atoms with Crippen LogP contribution in [0.3, 0.4) is 0 Å². The van der Waals surface area contributed by atoms with Crippen LogP contribution >= 0.6 is 0 Å². The Morgan fingerprint density at radius 3 is 2.65 bits per heavy atom. The van der Waals surface area contributed by atoms with Gasteiger partial charge in [0.15, 0.2) is 5.78 Å². The Morgan fingerprint density at radius 2 is 2.06 bits per heavy atom. The van der Waals surface area contributed by atoms with Crippen LogP contribution in [0.1, 0.15) is 30.6 Å². The number of hydrogen-bond donors (Lipinski definition) is 0. The minimum Gasteiger partial charge on any atom is -0.490 e. The van der Waals surface area contributed by atoms with Gasteiger partial charge < -0.3 is 9.47 Å². The molecule has 1 unspecified atom stereocenters. The molecule has 0 fully saturated rings. The van der Waals surface area contributed by atoms with Crippen molar-refractivity contribution in [2.75, 3.05) is 7.11 Å². The minimum atomic E-state index is -0.319. The lowest BCUT2D eigenvalue weighted by atomic mass is 10.1. The first-order chi connectivity index (χ1) is 8.02. The number of Topliss-reactive ketones (excluding diaryl/α,β-unsaturated/α-hetero) is 1. The van der Waals surface area contributed by atoms with Gasteiger partial charge in [-0.25, -0.2) is 0 Å². The van der Waals surface area contributed by atoms with Gasteiger partial charge in [-0.2, -0.15) is 0 Å². The van der Waals surface area contributed by atoms with E-state index in [9.17, 15) is 9.59 Å². The van der Waals surface area contributed by atoms with Crippen molar-refractivity contribution in [2.24, 2.45) is 0 Å². The van der Waals surface area contributed by atoms with E-state index in [0.29, 0.717) is 11.3 Å². The monoisotopic (exact) mass is 236 g/mol. The molecule has 0 radical (unpaired) electrons. The number of esters is 1. The third kappa shape index (κ3) is 4.26. The number of carbonyl (C=O) groups excluding carboxylic acids is 2. The van der Waals surface area contributed by atoms with Gasteiger partial charge in [0.2, 0.25) is 0 Å². The molecule has 1 aromatic rings. The maximum Gasteiger partial charge on any atom is 0.309 e. The number of rotatable bonds is 5. The molecule has 92 valence electrons. The van der Waals surface area contributed by atoms with E-state index in [2.05, 4.69) is 4.74 Å². The number of hydrogen-bond acceptors (Lipinski definition) is 4. The van der Waals surface area contributed by atoms with Crippen LogP contribution in [0.5, 0.6) is 5.75 Å². The molecule has 0 N–H and O–H groups in total. The average molecular weight is 236 g/mol. The summed E-state index contributed by atoms with van der Waals surface area (Å²) >= 11 is 0. The fourth-order valence-corrected chi connectivity index (χ4v) is 1.38. The molecule has 4 heteroatoms. The number of ketones is 1. The van der Waals surface area contributed by atoms with Crippen molar-refractivity contribution in [1.29, 1.82) is 0 Å². The van der Waals surface area contributed by atoms with E-state index < -0.39 is 0 Å². The zero-order valence-electron chi connectivity index (χ0n) is 10.2. The van der Waals surface area contributed by atoms with Gasteiger partial charge in [-0.05, 0) is 26.0 Å². The number of methoxy groups -OCH3 is 1. The van der Waals surface area contributed by atoms with Crippen LogP contribution in [-0.2, 0) is 9.53 Å². The molecule has 0 saturated carbocycles. The van der Waals surface area contributed by atoms with Gasteiger partial charge in [0.25, 0.3) is 0 Å². The average Bonchev–Trinajstić information content (AvgIpc) is 2.28. The summed E-state index contributed by atoms with van der Waals surface area (Å²) in [7, 11) is 1.34. The highest BCUT2D eigenvalue weighted by molar-refractivity contribution is 5.94. The quantitative estimate of drug-likeness (QED) is 0.581. The number of ether oxygens (including phenoxy) is 2. The maximum atomic E-state index is 11.2. The lowest BCUT2D eigenvalue weighted by Gasteiger charge is -2.13. The van der Waals surface area contributed by atoms with E-state index in [0.717, 1.165) is 0 Å². The predicted octanol–water partition coefficient (Wildman–Crippen LogP) is 2.22. The number of benzene rings is 1. The van der Waals surface area contributed by atoms with Crippen molar-refractivity contribution >= 4 is 11.8 Å². The van der Waals surface area contributed by atoms with Crippen molar-refractivity contribution in [1.82, 2.24) is 0 Å². The lowest BCUT2D eigenvalue weighted by molar-refractivity contribution is -0.142. The zero-order chi connectivity index (χ0) is 12.8. The normalized spacial score (nSPS) is 11.7. The van der Waals surface area contributed by atoms with Gasteiger partial charge in [-0.3, -0.25) is 9.59 Å². The Labute approximate surface area is 101 Å². The molecular weight excluding hydrogens is 220 g/mol. The second-order valence-electron chi connectivity index (χ2n) is 3.79. The molecule has 0 aliphatic carbocycles. The largest absolute Gasteiger partial charge is 0.490 e. The SMILES string of the molecule is COC(=O)CC(C)Oc1cccc(C(C)=O)c1. The van der Waals surface area contributed by atoms with E-state index >= 15 is 0 Å². The molecule has 17 heavy (non-hydrogen) atoms. The number of carbonyl (C=O) groups is 2.